The molecule has 2 aromatic heterocycles. The number of hydrogen-bond donors (Lipinski definition) is 1. The lowest BCUT2D eigenvalue weighted by Crippen LogP contribution is -2.44. The fourth-order valence-electron chi connectivity index (χ4n) is 6.41. The lowest BCUT2D eigenvalue weighted by molar-refractivity contribution is 0.118. The summed E-state index contributed by atoms with van der Waals surface area (Å²) in [4.78, 5) is 8.29. The molecule has 1 aliphatic carbocycles. The second-order valence-electron chi connectivity index (χ2n) is 11.4. The Morgan fingerprint density at radius 2 is 1.58 bits per heavy atom. The molecule has 7 rings (SSSR count). The molecule has 0 bridgehead atoms. The molecule has 1 N–H and O–H groups in total. The molecule has 2 aromatic carbocycles. The SMILES string of the molecule is CC1(N2CCCC2)CCc2ccc(-c3cnc4n[nH]c(-c5ccc(S(=O)N6CCC6)cc5)c4c3)cc2CC1. The number of hydrogen-bond acceptors (Lipinski definition) is 4. The Hall–Kier alpha value is -2.87. The predicted molar refractivity (Wildman–Crippen MR) is 153 cm³/mol. The Kier molecular flexibility index (Phi) is 6.18. The van der Waals surface area contributed by atoms with Gasteiger partial charge >= 0.3 is 0 Å². The van der Waals surface area contributed by atoms with Crippen molar-refractivity contribution in [1.29, 1.82) is 0 Å². The van der Waals surface area contributed by atoms with Crippen LogP contribution in [0.2, 0.25) is 0 Å². The van der Waals surface area contributed by atoms with Crippen LogP contribution < -0.4 is 0 Å². The zero-order valence-electron chi connectivity index (χ0n) is 22.1. The van der Waals surface area contributed by atoms with Crippen LogP contribution in [-0.4, -0.2) is 60.3 Å². The second-order valence-corrected chi connectivity index (χ2v) is 12.9. The maximum absolute atomic E-state index is 12.7. The van der Waals surface area contributed by atoms with Gasteiger partial charge in [0.05, 0.1) is 10.6 Å². The summed E-state index contributed by atoms with van der Waals surface area (Å²) in [5, 5.41) is 8.67. The van der Waals surface area contributed by atoms with E-state index in [1.165, 1.54) is 55.5 Å². The van der Waals surface area contributed by atoms with Crippen molar-refractivity contribution in [3.8, 4) is 22.4 Å². The number of nitrogens with one attached hydrogen (secondary N) is 1. The van der Waals surface area contributed by atoms with E-state index in [1.807, 2.05) is 34.8 Å². The van der Waals surface area contributed by atoms with Crippen LogP contribution in [0, 0.1) is 0 Å². The Bertz CT molecular complexity index is 1500. The standard InChI is InChI=1S/C31H35N5OS/c1-31(35-15-2-3-16-35)13-11-22-5-6-24(19-25(22)12-14-31)26-20-28-29(33-34-30(28)32-21-26)23-7-9-27(10-8-23)38(37)36-17-4-18-36/h5-10,19-21H,2-4,11-18H2,1H3,(H,32,33,34). The third-order valence-corrected chi connectivity index (χ3v) is 10.6. The van der Waals surface area contributed by atoms with Gasteiger partial charge in [-0.05, 0) is 99.8 Å². The molecule has 2 fully saturated rings. The smallest absolute Gasteiger partial charge is 0.181 e. The Labute approximate surface area is 227 Å². The summed E-state index contributed by atoms with van der Waals surface area (Å²) in [6, 6.07) is 17.2. The summed E-state index contributed by atoms with van der Waals surface area (Å²) < 4.78 is 14.7. The largest absolute Gasteiger partial charge is 0.298 e. The minimum Gasteiger partial charge on any atom is -0.298 e. The van der Waals surface area contributed by atoms with Gasteiger partial charge in [-0.3, -0.25) is 10.00 Å². The summed E-state index contributed by atoms with van der Waals surface area (Å²) in [5.74, 6) is 0. The Morgan fingerprint density at radius 3 is 2.32 bits per heavy atom. The highest BCUT2D eigenvalue weighted by molar-refractivity contribution is 7.82. The average molecular weight is 526 g/mol. The minimum atomic E-state index is -1.07. The molecule has 196 valence electrons. The van der Waals surface area contributed by atoms with Crippen molar-refractivity contribution in [1.82, 2.24) is 24.4 Å². The van der Waals surface area contributed by atoms with Gasteiger partial charge in [-0.15, -0.1) is 0 Å². The number of pyridine rings is 1. The van der Waals surface area contributed by atoms with Crippen molar-refractivity contribution in [2.75, 3.05) is 26.2 Å². The molecule has 0 saturated carbocycles. The molecule has 2 saturated heterocycles. The van der Waals surface area contributed by atoms with Crippen LogP contribution in [0.5, 0.6) is 0 Å². The van der Waals surface area contributed by atoms with E-state index in [-0.39, 0.29) is 0 Å². The number of aryl methyl sites for hydroxylation is 2. The number of aromatic nitrogens is 3. The van der Waals surface area contributed by atoms with E-state index in [4.69, 9.17) is 4.98 Å². The number of aromatic amines is 1. The third kappa shape index (κ3) is 4.31. The number of H-pyrrole nitrogens is 1. The van der Waals surface area contributed by atoms with Crippen LogP contribution in [0.4, 0.5) is 0 Å². The number of likely N-dealkylation sites (tertiary alicyclic amines) is 1. The molecule has 2 aliphatic heterocycles. The predicted octanol–water partition coefficient (Wildman–Crippen LogP) is 5.75. The van der Waals surface area contributed by atoms with Crippen molar-refractivity contribution < 1.29 is 4.21 Å². The molecule has 2 atom stereocenters. The van der Waals surface area contributed by atoms with E-state index < -0.39 is 11.0 Å². The fraction of sp³-hybridized carbons (Fsp3) is 0.419. The quantitative estimate of drug-likeness (QED) is 0.337. The summed E-state index contributed by atoms with van der Waals surface area (Å²) in [6.45, 7) is 6.83. The molecule has 4 aromatic rings. The van der Waals surface area contributed by atoms with Gasteiger partial charge in [-0.2, -0.15) is 5.10 Å². The first kappa shape index (κ1) is 24.2. The lowest BCUT2D eigenvalue weighted by Gasteiger charge is -2.38. The molecule has 0 radical (unpaired) electrons. The summed E-state index contributed by atoms with van der Waals surface area (Å²) >= 11 is 0. The summed E-state index contributed by atoms with van der Waals surface area (Å²) in [6.07, 6.45) is 10.5. The van der Waals surface area contributed by atoms with E-state index in [2.05, 4.69) is 46.3 Å². The average Bonchev–Trinajstić information content (AvgIpc) is 3.58. The van der Waals surface area contributed by atoms with E-state index in [0.29, 0.717) is 11.2 Å². The first-order valence-electron chi connectivity index (χ1n) is 14.1. The number of fused-ring (bicyclic) bond motifs is 2. The van der Waals surface area contributed by atoms with Crippen molar-refractivity contribution in [2.24, 2.45) is 0 Å². The highest BCUT2D eigenvalue weighted by Gasteiger charge is 2.34. The fourth-order valence-corrected chi connectivity index (χ4v) is 7.66. The van der Waals surface area contributed by atoms with E-state index >= 15 is 0 Å². The van der Waals surface area contributed by atoms with Crippen molar-refractivity contribution in [2.45, 2.75) is 62.3 Å². The maximum atomic E-state index is 12.7. The first-order valence-corrected chi connectivity index (χ1v) is 15.2. The Balaban J connectivity index is 1.16. The second kappa shape index (κ2) is 9.70. The molecule has 3 aliphatic rings. The third-order valence-electron chi connectivity index (χ3n) is 9.08. The maximum Gasteiger partial charge on any atom is 0.181 e. The van der Waals surface area contributed by atoms with E-state index in [9.17, 15) is 4.21 Å². The lowest BCUT2D eigenvalue weighted by atomic mass is 9.90. The topological polar surface area (TPSA) is 65.1 Å². The monoisotopic (exact) mass is 525 g/mol. The van der Waals surface area contributed by atoms with E-state index in [0.717, 1.165) is 59.5 Å². The molecule has 0 amide bonds. The van der Waals surface area contributed by atoms with Gasteiger partial charge in [0.15, 0.2) is 5.65 Å². The molecule has 6 nitrogen and oxygen atoms in total. The van der Waals surface area contributed by atoms with E-state index in [1.54, 1.807) is 0 Å². The highest BCUT2D eigenvalue weighted by Crippen LogP contribution is 2.36. The number of nitrogens with zero attached hydrogens (tertiary/aromatic N) is 4. The van der Waals surface area contributed by atoms with Crippen molar-refractivity contribution >= 4 is 22.0 Å². The van der Waals surface area contributed by atoms with Gasteiger partial charge in [0.2, 0.25) is 0 Å². The van der Waals surface area contributed by atoms with Gasteiger partial charge in [-0.25, -0.2) is 13.5 Å². The first-order chi connectivity index (χ1) is 18.6. The number of rotatable bonds is 5. The zero-order chi connectivity index (χ0) is 25.7. The molecular weight excluding hydrogens is 490 g/mol. The normalized spacial score (nSPS) is 23.2. The van der Waals surface area contributed by atoms with Gasteiger partial charge in [0, 0.05) is 41.3 Å². The molecule has 4 heterocycles. The van der Waals surface area contributed by atoms with Gasteiger partial charge in [0.25, 0.3) is 0 Å². The zero-order valence-corrected chi connectivity index (χ0v) is 22.9. The molecule has 2 unspecified atom stereocenters. The minimum absolute atomic E-state index is 0.319. The van der Waals surface area contributed by atoms with Gasteiger partial charge < -0.3 is 0 Å². The van der Waals surface area contributed by atoms with Crippen LogP contribution in [-0.2, 0) is 23.8 Å². The Morgan fingerprint density at radius 1 is 0.842 bits per heavy atom. The molecular formula is C31H35N5OS. The van der Waals surface area contributed by atoms with Crippen molar-refractivity contribution in [3.05, 3.63) is 65.9 Å². The molecule has 0 spiro atoms. The number of benzene rings is 2. The van der Waals surface area contributed by atoms with Crippen molar-refractivity contribution in [3.63, 3.8) is 0 Å². The van der Waals surface area contributed by atoms with Crippen LogP contribution in [0.25, 0.3) is 33.4 Å². The van der Waals surface area contributed by atoms with Crippen LogP contribution >= 0.6 is 0 Å². The molecule has 38 heavy (non-hydrogen) atoms. The molecule has 7 heteroatoms. The summed E-state index contributed by atoms with van der Waals surface area (Å²) in [7, 11) is -1.07. The van der Waals surface area contributed by atoms with Crippen LogP contribution in [0.15, 0.2) is 59.6 Å². The van der Waals surface area contributed by atoms with Gasteiger partial charge in [-0.1, -0.05) is 30.3 Å². The van der Waals surface area contributed by atoms with Gasteiger partial charge in [0.1, 0.15) is 11.0 Å². The van der Waals surface area contributed by atoms with Crippen LogP contribution in [0.3, 0.4) is 0 Å². The van der Waals surface area contributed by atoms with Crippen LogP contribution in [0.1, 0.15) is 50.2 Å². The summed E-state index contributed by atoms with van der Waals surface area (Å²) in [5.41, 5.74) is 8.34. The highest BCUT2D eigenvalue weighted by atomic mass is 32.2.